The SMILES string of the molecule is CCCC(=O)NC1CCN(C(=O)C(C)(C)CCl)CC1. The second-order valence-corrected chi connectivity index (χ2v) is 6.17. The van der Waals surface area contributed by atoms with E-state index in [2.05, 4.69) is 5.32 Å². The van der Waals surface area contributed by atoms with Gasteiger partial charge in [0.2, 0.25) is 11.8 Å². The molecule has 0 unspecified atom stereocenters. The van der Waals surface area contributed by atoms with Gasteiger partial charge in [0.25, 0.3) is 0 Å². The highest BCUT2D eigenvalue weighted by Gasteiger charge is 2.33. The minimum Gasteiger partial charge on any atom is -0.353 e. The zero-order chi connectivity index (χ0) is 14.5. The molecule has 1 N–H and O–H groups in total. The van der Waals surface area contributed by atoms with Gasteiger partial charge in [0, 0.05) is 31.4 Å². The Kier molecular flexibility index (Phi) is 6.11. The van der Waals surface area contributed by atoms with Gasteiger partial charge in [-0.15, -0.1) is 11.6 Å². The number of halogens is 1. The van der Waals surface area contributed by atoms with Crippen molar-refractivity contribution in [2.45, 2.75) is 52.5 Å². The molecule has 1 saturated heterocycles. The smallest absolute Gasteiger partial charge is 0.229 e. The van der Waals surface area contributed by atoms with E-state index in [0.717, 1.165) is 19.3 Å². The topological polar surface area (TPSA) is 49.4 Å². The van der Waals surface area contributed by atoms with E-state index in [1.807, 2.05) is 25.7 Å². The van der Waals surface area contributed by atoms with Crippen LogP contribution < -0.4 is 5.32 Å². The van der Waals surface area contributed by atoms with Crippen LogP contribution in [0.15, 0.2) is 0 Å². The van der Waals surface area contributed by atoms with E-state index >= 15 is 0 Å². The number of likely N-dealkylation sites (tertiary alicyclic amines) is 1. The van der Waals surface area contributed by atoms with Gasteiger partial charge in [0.1, 0.15) is 0 Å². The molecule has 0 aromatic heterocycles. The summed E-state index contributed by atoms with van der Waals surface area (Å²) in [6, 6.07) is 0.210. The van der Waals surface area contributed by atoms with Crippen LogP contribution in [0.25, 0.3) is 0 Å². The number of carbonyl (C=O) groups is 2. The lowest BCUT2D eigenvalue weighted by molar-refractivity contribution is -0.140. The minimum atomic E-state index is -0.500. The van der Waals surface area contributed by atoms with Crippen LogP contribution in [0, 0.1) is 5.41 Å². The Hall–Kier alpha value is -0.770. The van der Waals surface area contributed by atoms with Crippen molar-refractivity contribution >= 4 is 23.4 Å². The van der Waals surface area contributed by atoms with Crippen molar-refractivity contribution in [3.05, 3.63) is 0 Å². The number of nitrogens with one attached hydrogen (secondary N) is 1. The summed E-state index contributed by atoms with van der Waals surface area (Å²) in [6.45, 7) is 7.15. The number of rotatable bonds is 5. The number of nitrogens with zero attached hydrogens (tertiary/aromatic N) is 1. The molecule has 0 aliphatic carbocycles. The fourth-order valence-electron chi connectivity index (χ4n) is 2.24. The highest BCUT2D eigenvalue weighted by atomic mass is 35.5. The molecule has 1 aliphatic heterocycles. The Labute approximate surface area is 120 Å². The minimum absolute atomic E-state index is 0.112. The van der Waals surface area contributed by atoms with E-state index in [4.69, 9.17) is 11.6 Å². The van der Waals surface area contributed by atoms with E-state index in [1.54, 1.807) is 0 Å². The van der Waals surface area contributed by atoms with Crippen LogP contribution >= 0.6 is 11.6 Å². The molecular weight excluding hydrogens is 264 g/mol. The first-order valence-corrected chi connectivity index (χ1v) is 7.59. The zero-order valence-corrected chi connectivity index (χ0v) is 12.9. The number of hydrogen-bond acceptors (Lipinski definition) is 2. The van der Waals surface area contributed by atoms with Crippen LogP contribution in [0.5, 0.6) is 0 Å². The van der Waals surface area contributed by atoms with Crippen molar-refractivity contribution in [1.29, 1.82) is 0 Å². The number of carbonyl (C=O) groups excluding carboxylic acids is 2. The normalized spacial score (nSPS) is 17.4. The van der Waals surface area contributed by atoms with Gasteiger partial charge in [-0.1, -0.05) is 6.92 Å². The second kappa shape index (κ2) is 7.13. The molecule has 19 heavy (non-hydrogen) atoms. The fraction of sp³-hybridized carbons (Fsp3) is 0.857. The summed E-state index contributed by atoms with van der Waals surface area (Å²) in [5.41, 5.74) is -0.500. The highest BCUT2D eigenvalue weighted by molar-refractivity contribution is 6.19. The van der Waals surface area contributed by atoms with Gasteiger partial charge < -0.3 is 10.2 Å². The van der Waals surface area contributed by atoms with Gasteiger partial charge in [-0.2, -0.15) is 0 Å². The molecule has 1 aliphatic rings. The van der Waals surface area contributed by atoms with E-state index in [-0.39, 0.29) is 17.9 Å². The molecule has 2 amide bonds. The first kappa shape index (κ1) is 16.3. The molecule has 0 aromatic carbocycles. The predicted octanol–water partition coefficient (Wildman–Crippen LogP) is 2.16. The Morgan fingerprint density at radius 3 is 2.37 bits per heavy atom. The molecule has 0 bridgehead atoms. The third-order valence-electron chi connectivity index (χ3n) is 3.54. The maximum Gasteiger partial charge on any atom is 0.229 e. The zero-order valence-electron chi connectivity index (χ0n) is 12.2. The maximum atomic E-state index is 12.2. The van der Waals surface area contributed by atoms with E-state index < -0.39 is 5.41 Å². The standard InChI is InChI=1S/C14H25ClN2O2/c1-4-5-12(18)16-11-6-8-17(9-7-11)13(19)14(2,3)10-15/h11H,4-10H2,1-3H3,(H,16,18). The monoisotopic (exact) mass is 288 g/mol. The van der Waals surface area contributed by atoms with Crippen LogP contribution in [0.4, 0.5) is 0 Å². The Morgan fingerprint density at radius 1 is 1.32 bits per heavy atom. The van der Waals surface area contributed by atoms with Gasteiger partial charge in [0.15, 0.2) is 0 Å². The molecule has 1 rings (SSSR count). The molecule has 4 nitrogen and oxygen atoms in total. The quantitative estimate of drug-likeness (QED) is 0.788. The second-order valence-electron chi connectivity index (χ2n) is 5.90. The molecule has 0 radical (unpaired) electrons. The van der Waals surface area contributed by atoms with Crippen LogP contribution in [0.2, 0.25) is 0 Å². The van der Waals surface area contributed by atoms with Crippen molar-refractivity contribution < 1.29 is 9.59 Å². The lowest BCUT2D eigenvalue weighted by Crippen LogP contribution is -2.50. The number of hydrogen-bond donors (Lipinski definition) is 1. The average Bonchev–Trinajstić information content (AvgIpc) is 2.39. The fourth-order valence-corrected chi connectivity index (χ4v) is 2.35. The van der Waals surface area contributed by atoms with Gasteiger partial charge >= 0.3 is 0 Å². The molecular formula is C14H25ClN2O2. The average molecular weight is 289 g/mol. The first-order valence-electron chi connectivity index (χ1n) is 7.05. The van der Waals surface area contributed by atoms with Crippen molar-refractivity contribution in [1.82, 2.24) is 10.2 Å². The molecule has 1 fully saturated rings. The van der Waals surface area contributed by atoms with Gasteiger partial charge in [-0.3, -0.25) is 9.59 Å². The summed E-state index contributed by atoms with van der Waals surface area (Å²) in [4.78, 5) is 25.6. The molecule has 0 spiro atoms. The van der Waals surface area contributed by atoms with E-state index in [0.29, 0.717) is 25.4 Å². The summed E-state index contributed by atoms with van der Waals surface area (Å²) in [7, 11) is 0. The van der Waals surface area contributed by atoms with Crippen molar-refractivity contribution in [2.75, 3.05) is 19.0 Å². The summed E-state index contributed by atoms with van der Waals surface area (Å²) < 4.78 is 0. The van der Waals surface area contributed by atoms with Crippen LogP contribution in [-0.4, -0.2) is 41.7 Å². The molecule has 0 aromatic rings. The number of amides is 2. The summed E-state index contributed by atoms with van der Waals surface area (Å²) >= 11 is 5.84. The third-order valence-corrected chi connectivity index (χ3v) is 4.21. The number of piperidine rings is 1. The van der Waals surface area contributed by atoms with E-state index in [1.165, 1.54) is 0 Å². The summed E-state index contributed by atoms with van der Waals surface area (Å²) in [6.07, 6.45) is 3.12. The van der Waals surface area contributed by atoms with Crippen molar-refractivity contribution in [3.63, 3.8) is 0 Å². The Bertz CT molecular complexity index is 323. The first-order chi connectivity index (χ1) is 8.90. The Balaban J connectivity index is 2.41. The van der Waals surface area contributed by atoms with Gasteiger partial charge in [-0.25, -0.2) is 0 Å². The number of alkyl halides is 1. The van der Waals surface area contributed by atoms with Gasteiger partial charge in [0.05, 0.1) is 5.41 Å². The van der Waals surface area contributed by atoms with E-state index in [9.17, 15) is 9.59 Å². The Morgan fingerprint density at radius 2 is 1.89 bits per heavy atom. The lowest BCUT2D eigenvalue weighted by Gasteiger charge is -2.36. The third kappa shape index (κ3) is 4.68. The maximum absolute atomic E-state index is 12.2. The molecule has 0 atom stereocenters. The lowest BCUT2D eigenvalue weighted by atomic mass is 9.92. The molecule has 5 heteroatoms. The summed E-state index contributed by atoms with van der Waals surface area (Å²) in [5, 5.41) is 3.03. The van der Waals surface area contributed by atoms with Crippen molar-refractivity contribution in [2.24, 2.45) is 5.41 Å². The van der Waals surface area contributed by atoms with Crippen LogP contribution in [-0.2, 0) is 9.59 Å². The molecule has 0 saturated carbocycles. The predicted molar refractivity (Wildman–Crippen MR) is 77.2 cm³/mol. The highest BCUT2D eigenvalue weighted by Crippen LogP contribution is 2.23. The molecule has 110 valence electrons. The van der Waals surface area contributed by atoms with Crippen LogP contribution in [0.3, 0.4) is 0 Å². The van der Waals surface area contributed by atoms with Crippen molar-refractivity contribution in [3.8, 4) is 0 Å². The van der Waals surface area contributed by atoms with Gasteiger partial charge in [-0.05, 0) is 33.1 Å². The largest absolute Gasteiger partial charge is 0.353 e. The summed E-state index contributed by atoms with van der Waals surface area (Å²) in [5.74, 6) is 0.563. The van der Waals surface area contributed by atoms with Crippen LogP contribution in [0.1, 0.15) is 46.5 Å². The molecule has 1 heterocycles.